The van der Waals surface area contributed by atoms with Crippen molar-refractivity contribution in [3.8, 4) is 11.5 Å². The number of carboxylic acid groups (broad SMARTS) is 1. The molecule has 8 nitrogen and oxygen atoms in total. The number of ether oxygens (including phenoxy) is 2. The van der Waals surface area contributed by atoms with E-state index in [2.05, 4.69) is 10.3 Å². The van der Waals surface area contributed by atoms with Gasteiger partial charge in [0.15, 0.2) is 11.5 Å². The Morgan fingerprint density at radius 3 is 2.46 bits per heavy atom. The third kappa shape index (κ3) is 4.33. The first-order valence-electron chi connectivity index (χ1n) is 8.51. The molecule has 1 aliphatic heterocycles. The van der Waals surface area contributed by atoms with E-state index in [1.807, 2.05) is 0 Å². The van der Waals surface area contributed by atoms with Gasteiger partial charge in [-0.15, -0.1) is 0 Å². The monoisotopic (exact) mass is 359 g/mol. The van der Waals surface area contributed by atoms with Crippen molar-refractivity contribution in [1.82, 2.24) is 10.3 Å². The number of urea groups is 1. The van der Waals surface area contributed by atoms with E-state index in [-0.39, 0.29) is 18.4 Å². The molecule has 1 saturated carbocycles. The molecule has 0 radical (unpaired) electrons. The molecule has 0 unspecified atom stereocenters. The van der Waals surface area contributed by atoms with E-state index in [4.69, 9.17) is 20.3 Å². The van der Waals surface area contributed by atoms with E-state index in [9.17, 15) is 9.59 Å². The Bertz CT molecular complexity index is 818. The number of nitrogens with two attached hydrogens (primary N) is 1. The minimum atomic E-state index is -0.993. The average molecular weight is 359 g/mol. The topological polar surface area (TPSA) is 124 Å². The number of nitrogens with one attached hydrogen (secondary N) is 1. The number of primary amides is 1. The first-order chi connectivity index (χ1) is 12.5. The van der Waals surface area contributed by atoms with Crippen LogP contribution in [-0.4, -0.2) is 34.9 Å². The Hall–Kier alpha value is -3.03. The minimum Gasteiger partial charge on any atom is -0.478 e. The van der Waals surface area contributed by atoms with Crippen LogP contribution in [0.1, 0.15) is 42.5 Å². The second-order valence-corrected chi connectivity index (χ2v) is 6.27. The molecule has 1 aliphatic carbocycles. The van der Waals surface area contributed by atoms with Crippen molar-refractivity contribution in [2.45, 2.75) is 38.1 Å². The maximum atomic E-state index is 10.8. The van der Waals surface area contributed by atoms with E-state index in [1.54, 1.807) is 18.2 Å². The van der Waals surface area contributed by atoms with Gasteiger partial charge in [0.25, 0.3) is 0 Å². The Balaban J connectivity index is 0.000000170. The summed E-state index contributed by atoms with van der Waals surface area (Å²) in [5, 5.41) is 12.3. The van der Waals surface area contributed by atoms with Crippen LogP contribution < -0.4 is 20.5 Å². The number of rotatable bonds is 2. The van der Waals surface area contributed by atoms with Crippen molar-refractivity contribution in [2.75, 3.05) is 6.79 Å². The molecule has 0 bridgehead atoms. The number of hydrogen-bond acceptors (Lipinski definition) is 5. The van der Waals surface area contributed by atoms with Crippen LogP contribution in [0.2, 0.25) is 0 Å². The molecule has 2 heterocycles. The lowest BCUT2D eigenvalue weighted by Gasteiger charge is -2.21. The third-order valence-corrected chi connectivity index (χ3v) is 4.37. The summed E-state index contributed by atoms with van der Waals surface area (Å²) >= 11 is 0. The SMILES string of the molecule is NC(=O)NC1CCCCC1.O=C(O)c1cnc2cc3c(cc2c1)OCO3. The predicted octanol–water partition coefficient (Wildman–Crippen LogP) is 2.65. The van der Waals surface area contributed by atoms with Crippen molar-refractivity contribution in [2.24, 2.45) is 5.73 Å². The number of amides is 2. The van der Waals surface area contributed by atoms with E-state index in [0.717, 1.165) is 18.2 Å². The van der Waals surface area contributed by atoms with E-state index < -0.39 is 5.97 Å². The molecule has 4 rings (SSSR count). The Labute approximate surface area is 150 Å². The van der Waals surface area contributed by atoms with Gasteiger partial charge in [0.1, 0.15) is 0 Å². The number of carbonyl (C=O) groups is 2. The predicted molar refractivity (Wildman–Crippen MR) is 94.4 cm³/mol. The van der Waals surface area contributed by atoms with Gasteiger partial charge in [0.2, 0.25) is 6.79 Å². The van der Waals surface area contributed by atoms with Crippen molar-refractivity contribution < 1.29 is 24.2 Å². The van der Waals surface area contributed by atoms with Crippen LogP contribution in [0.4, 0.5) is 4.79 Å². The molecule has 8 heteroatoms. The van der Waals surface area contributed by atoms with Crippen LogP contribution in [0.3, 0.4) is 0 Å². The second kappa shape index (κ2) is 7.90. The van der Waals surface area contributed by atoms with E-state index in [1.165, 1.54) is 25.5 Å². The van der Waals surface area contributed by atoms with Crippen molar-refractivity contribution in [1.29, 1.82) is 0 Å². The zero-order chi connectivity index (χ0) is 18.5. The van der Waals surface area contributed by atoms with Gasteiger partial charge >= 0.3 is 12.0 Å². The largest absolute Gasteiger partial charge is 0.478 e. The standard InChI is InChI=1S/C11H7NO4.C7H14N2O/c13-11(14)7-1-6-2-9-10(16-5-15-9)3-8(6)12-4-7;8-7(10)9-6-4-2-1-3-5-6/h1-4H,5H2,(H,13,14);6H,1-5H2,(H3,8,9,10). The Morgan fingerprint density at radius 1 is 1.12 bits per heavy atom. The molecule has 4 N–H and O–H groups in total. The van der Waals surface area contributed by atoms with Crippen LogP contribution in [-0.2, 0) is 0 Å². The quantitative estimate of drug-likeness (QED) is 0.757. The van der Waals surface area contributed by atoms with Gasteiger partial charge < -0.3 is 25.6 Å². The number of nitrogens with zero attached hydrogens (tertiary/aromatic N) is 1. The van der Waals surface area contributed by atoms with Gasteiger partial charge in [0.05, 0.1) is 11.1 Å². The lowest BCUT2D eigenvalue weighted by molar-refractivity contribution is 0.0696. The summed E-state index contributed by atoms with van der Waals surface area (Å²) in [5.41, 5.74) is 5.82. The lowest BCUT2D eigenvalue weighted by atomic mass is 9.96. The summed E-state index contributed by atoms with van der Waals surface area (Å²) in [6, 6.07) is 5.01. The number of hydrogen-bond donors (Lipinski definition) is 3. The molecular formula is C18H21N3O5. The van der Waals surface area contributed by atoms with Gasteiger partial charge in [-0.1, -0.05) is 19.3 Å². The van der Waals surface area contributed by atoms with E-state index in [0.29, 0.717) is 23.1 Å². The molecule has 2 aromatic rings. The third-order valence-electron chi connectivity index (χ3n) is 4.37. The number of fused-ring (bicyclic) bond motifs is 2. The second-order valence-electron chi connectivity index (χ2n) is 6.27. The maximum Gasteiger partial charge on any atom is 0.337 e. The normalized spacial score (nSPS) is 15.8. The Kier molecular flexibility index (Phi) is 5.40. The van der Waals surface area contributed by atoms with Gasteiger partial charge in [-0.05, 0) is 25.0 Å². The summed E-state index contributed by atoms with van der Waals surface area (Å²) in [5.74, 6) is 0.270. The molecule has 0 atom stereocenters. The van der Waals surface area contributed by atoms with Crippen LogP contribution >= 0.6 is 0 Å². The fourth-order valence-electron chi connectivity index (χ4n) is 3.08. The molecule has 1 aromatic heterocycles. The highest BCUT2D eigenvalue weighted by Crippen LogP contribution is 2.35. The van der Waals surface area contributed by atoms with Crippen LogP contribution in [0.15, 0.2) is 24.4 Å². The fourth-order valence-corrected chi connectivity index (χ4v) is 3.08. The van der Waals surface area contributed by atoms with Gasteiger partial charge in [-0.3, -0.25) is 4.98 Å². The molecule has 2 amide bonds. The van der Waals surface area contributed by atoms with Crippen molar-refractivity contribution in [3.63, 3.8) is 0 Å². The van der Waals surface area contributed by atoms with Gasteiger partial charge in [-0.25, -0.2) is 9.59 Å². The molecule has 1 fully saturated rings. The van der Waals surface area contributed by atoms with Crippen LogP contribution in [0.25, 0.3) is 10.9 Å². The highest BCUT2D eigenvalue weighted by Gasteiger charge is 2.15. The average Bonchev–Trinajstić information content (AvgIpc) is 3.07. The number of aromatic carboxylic acids is 1. The summed E-state index contributed by atoms with van der Waals surface area (Å²) in [6.07, 6.45) is 7.28. The molecular weight excluding hydrogens is 338 g/mol. The van der Waals surface area contributed by atoms with Gasteiger partial charge in [0, 0.05) is 23.7 Å². The zero-order valence-corrected chi connectivity index (χ0v) is 14.2. The number of pyridine rings is 1. The Morgan fingerprint density at radius 2 is 1.81 bits per heavy atom. The minimum absolute atomic E-state index is 0.159. The van der Waals surface area contributed by atoms with Crippen LogP contribution in [0, 0.1) is 0 Å². The first kappa shape index (κ1) is 17.8. The zero-order valence-electron chi connectivity index (χ0n) is 14.2. The summed E-state index contributed by atoms with van der Waals surface area (Å²) in [6.45, 7) is 0.192. The van der Waals surface area contributed by atoms with Crippen molar-refractivity contribution in [3.05, 3.63) is 30.0 Å². The maximum absolute atomic E-state index is 10.8. The number of carbonyl (C=O) groups excluding carboxylic acids is 1. The molecule has 1 aromatic carbocycles. The number of benzene rings is 1. The molecule has 138 valence electrons. The summed E-state index contributed by atoms with van der Waals surface area (Å²) in [4.78, 5) is 25.2. The molecule has 2 aliphatic rings. The fraction of sp³-hybridized carbons (Fsp3) is 0.389. The highest BCUT2D eigenvalue weighted by molar-refractivity contribution is 5.93. The number of aromatic nitrogens is 1. The highest BCUT2D eigenvalue weighted by atomic mass is 16.7. The summed E-state index contributed by atoms with van der Waals surface area (Å²) < 4.78 is 10.4. The molecule has 0 spiro atoms. The van der Waals surface area contributed by atoms with E-state index >= 15 is 0 Å². The lowest BCUT2D eigenvalue weighted by Crippen LogP contribution is -2.39. The van der Waals surface area contributed by atoms with Crippen molar-refractivity contribution >= 4 is 22.9 Å². The smallest absolute Gasteiger partial charge is 0.337 e. The molecule has 26 heavy (non-hydrogen) atoms. The summed E-state index contributed by atoms with van der Waals surface area (Å²) in [7, 11) is 0. The van der Waals surface area contributed by atoms with Crippen LogP contribution in [0.5, 0.6) is 11.5 Å². The van der Waals surface area contributed by atoms with Gasteiger partial charge in [-0.2, -0.15) is 0 Å². The first-order valence-corrected chi connectivity index (χ1v) is 8.51. The number of carboxylic acids is 1. The molecule has 0 saturated heterocycles.